The van der Waals surface area contributed by atoms with Gasteiger partial charge in [-0.2, -0.15) is 0 Å². The van der Waals surface area contributed by atoms with Gasteiger partial charge >= 0.3 is 0 Å². The molecule has 2 rings (SSSR count). The molecule has 0 unspecified atom stereocenters. The first-order valence-electron chi connectivity index (χ1n) is 5.11. The highest BCUT2D eigenvalue weighted by atomic mass is 79.9. The average Bonchev–Trinajstić information content (AvgIpc) is 2.58. The van der Waals surface area contributed by atoms with Gasteiger partial charge in [0.1, 0.15) is 24.2 Å². The van der Waals surface area contributed by atoms with E-state index in [1.807, 2.05) is 0 Å². The molecule has 0 aliphatic rings. The molecule has 2 aromatic rings. The van der Waals surface area contributed by atoms with E-state index >= 15 is 0 Å². The van der Waals surface area contributed by atoms with Crippen molar-refractivity contribution in [2.75, 3.05) is 7.11 Å². The fourth-order valence-electron chi connectivity index (χ4n) is 1.60. The Bertz CT molecular complexity index is 539. The van der Waals surface area contributed by atoms with E-state index in [1.54, 1.807) is 0 Å². The van der Waals surface area contributed by atoms with Crippen molar-refractivity contribution in [3.05, 3.63) is 46.0 Å². The number of methoxy groups -OCH3 is 1. The van der Waals surface area contributed by atoms with Gasteiger partial charge in [-0.1, -0.05) is 0 Å². The molecule has 1 aromatic heterocycles. The van der Waals surface area contributed by atoms with Crippen molar-refractivity contribution in [3.63, 3.8) is 0 Å². The maximum atomic E-state index is 13.1. The molecule has 0 bridgehead atoms. The predicted molar refractivity (Wildman–Crippen MR) is 63.9 cm³/mol. The third kappa shape index (κ3) is 3.11. The highest BCUT2D eigenvalue weighted by Crippen LogP contribution is 2.14. The van der Waals surface area contributed by atoms with Crippen LogP contribution in [0.1, 0.15) is 11.4 Å². The van der Waals surface area contributed by atoms with Gasteiger partial charge in [-0.15, -0.1) is 5.10 Å². The van der Waals surface area contributed by atoms with Crippen LogP contribution in [0.2, 0.25) is 0 Å². The van der Waals surface area contributed by atoms with Crippen molar-refractivity contribution in [3.8, 4) is 0 Å². The van der Waals surface area contributed by atoms with Gasteiger partial charge < -0.3 is 4.74 Å². The minimum absolute atomic E-state index is 0.228. The predicted octanol–water partition coefficient (Wildman–Crippen LogP) is 2.51. The van der Waals surface area contributed by atoms with Gasteiger partial charge in [-0.25, -0.2) is 18.4 Å². The van der Waals surface area contributed by atoms with E-state index in [9.17, 15) is 8.78 Å². The lowest BCUT2D eigenvalue weighted by molar-refractivity contribution is 0.117. The summed E-state index contributed by atoms with van der Waals surface area (Å²) < 4.78 is 33.0. The number of hydrogen-bond acceptors (Lipinski definition) is 3. The molecule has 0 radical (unpaired) electrons. The SMILES string of the molecule is COCn1nc(Br)nc1Cc1cc(F)cc(F)c1. The minimum atomic E-state index is -0.609. The Balaban J connectivity index is 2.27. The summed E-state index contributed by atoms with van der Waals surface area (Å²) in [5, 5.41) is 4.05. The first kappa shape index (κ1) is 13.1. The molecular weight excluding hydrogens is 308 g/mol. The quantitative estimate of drug-likeness (QED) is 0.870. The molecule has 1 heterocycles. The topological polar surface area (TPSA) is 39.9 Å². The van der Waals surface area contributed by atoms with Crippen LogP contribution in [0, 0.1) is 11.6 Å². The van der Waals surface area contributed by atoms with E-state index in [-0.39, 0.29) is 13.2 Å². The second-order valence-corrected chi connectivity index (χ2v) is 4.38. The Morgan fingerprint density at radius 1 is 1.28 bits per heavy atom. The third-order valence-corrected chi connectivity index (χ3v) is 2.59. The molecule has 0 amide bonds. The molecule has 0 aliphatic carbocycles. The molecule has 0 saturated carbocycles. The maximum absolute atomic E-state index is 13.1. The molecule has 96 valence electrons. The lowest BCUT2D eigenvalue weighted by Gasteiger charge is -2.04. The molecule has 18 heavy (non-hydrogen) atoms. The van der Waals surface area contributed by atoms with Crippen LogP contribution >= 0.6 is 15.9 Å². The highest BCUT2D eigenvalue weighted by molar-refractivity contribution is 9.10. The molecule has 0 N–H and O–H groups in total. The largest absolute Gasteiger partial charge is 0.362 e. The number of aromatic nitrogens is 3. The zero-order chi connectivity index (χ0) is 13.1. The number of nitrogens with zero attached hydrogens (tertiary/aromatic N) is 3. The Labute approximate surface area is 111 Å². The fourth-order valence-corrected chi connectivity index (χ4v) is 1.99. The molecule has 4 nitrogen and oxygen atoms in total. The van der Waals surface area contributed by atoms with Crippen LogP contribution in [0.15, 0.2) is 22.9 Å². The second-order valence-electron chi connectivity index (χ2n) is 3.67. The van der Waals surface area contributed by atoms with Crippen molar-refractivity contribution in [1.82, 2.24) is 14.8 Å². The van der Waals surface area contributed by atoms with E-state index in [2.05, 4.69) is 26.0 Å². The molecule has 0 spiro atoms. The zero-order valence-corrected chi connectivity index (χ0v) is 11.1. The summed E-state index contributed by atoms with van der Waals surface area (Å²) in [7, 11) is 1.53. The van der Waals surface area contributed by atoms with Gasteiger partial charge in [0.15, 0.2) is 0 Å². The van der Waals surface area contributed by atoms with Crippen LogP contribution in [0.25, 0.3) is 0 Å². The first-order valence-corrected chi connectivity index (χ1v) is 5.91. The van der Waals surface area contributed by atoms with E-state index in [4.69, 9.17) is 4.74 Å². The summed E-state index contributed by atoms with van der Waals surface area (Å²) in [5.41, 5.74) is 0.491. The van der Waals surface area contributed by atoms with E-state index in [1.165, 1.54) is 23.9 Å². The van der Waals surface area contributed by atoms with Crippen molar-refractivity contribution in [2.24, 2.45) is 0 Å². The van der Waals surface area contributed by atoms with E-state index in [0.717, 1.165) is 6.07 Å². The summed E-state index contributed by atoms with van der Waals surface area (Å²) in [6, 6.07) is 3.37. The van der Waals surface area contributed by atoms with Crippen LogP contribution in [0.3, 0.4) is 0 Å². The van der Waals surface area contributed by atoms with Crippen LogP contribution in [0.4, 0.5) is 8.78 Å². The fraction of sp³-hybridized carbons (Fsp3) is 0.273. The van der Waals surface area contributed by atoms with E-state index in [0.29, 0.717) is 16.1 Å². The van der Waals surface area contributed by atoms with Gasteiger partial charge in [0.05, 0.1) is 0 Å². The molecule has 0 aliphatic heterocycles. The van der Waals surface area contributed by atoms with Gasteiger partial charge in [-0.05, 0) is 33.6 Å². The second kappa shape index (κ2) is 5.53. The Morgan fingerprint density at radius 2 is 1.94 bits per heavy atom. The Morgan fingerprint density at radius 3 is 2.56 bits per heavy atom. The van der Waals surface area contributed by atoms with Crippen LogP contribution in [-0.4, -0.2) is 21.9 Å². The van der Waals surface area contributed by atoms with E-state index < -0.39 is 11.6 Å². The van der Waals surface area contributed by atoms with Crippen molar-refractivity contribution >= 4 is 15.9 Å². The number of benzene rings is 1. The number of hydrogen-bond donors (Lipinski definition) is 0. The Kier molecular flexibility index (Phi) is 4.03. The lowest BCUT2D eigenvalue weighted by Crippen LogP contribution is -2.08. The molecule has 0 saturated heterocycles. The van der Waals surface area contributed by atoms with Crippen molar-refractivity contribution < 1.29 is 13.5 Å². The number of rotatable bonds is 4. The maximum Gasteiger partial charge on any atom is 0.217 e. The molecular formula is C11H10BrF2N3O. The third-order valence-electron chi connectivity index (χ3n) is 2.26. The van der Waals surface area contributed by atoms with Crippen LogP contribution in [0.5, 0.6) is 0 Å². The van der Waals surface area contributed by atoms with Crippen molar-refractivity contribution in [1.29, 1.82) is 0 Å². The minimum Gasteiger partial charge on any atom is -0.362 e. The van der Waals surface area contributed by atoms with Crippen molar-refractivity contribution in [2.45, 2.75) is 13.2 Å². The monoisotopic (exact) mass is 317 g/mol. The summed E-state index contributed by atoms with van der Waals surface area (Å²) >= 11 is 3.15. The highest BCUT2D eigenvalue weighted by Gasteiger charge is 2.10. The van der Waals surface area contributed by atoms with Crippen LogP contribution in [-0.2, 0) is 17.9 Å². The normalized spacial score (nSPS) is 10.9. The molecule has 1 aromatic carbocycles. The average molecular weight is 318 g/mol. The van der Waals surface area contributed by atoms with Gasteiger partial charge in [-0.3, -0.25) is 0 Å². The molecule has 0 fully saturated rings. The smallest absolute Gasteiger partial charge is 0.217 e. The van der Waals surface area contributed by atoms with Gasteiger partial charge in [0.25, 0.3) is 0 Å². The number of ether oxygens (including phenoxy) is 1. The summed E-state index contributed by atoms with van der Waals surface area (Å²) in [6.45, 7) is 0.228. The zero-order valence-electron chi connectivity index (χ0n) is 9.53. The van der Waals surface area contributed by atoms with Gasteiger partial charge in [0, 0.05) is 19.6 Å². The van der Waals surface area contributed by atoms with Crippen LogP contribution < -0.4 is 0 Å². The first-order chi connectivity index (χ1) is 8.58. The molecule has 7 heteroatoms. The number of halogens is 3. The van der Waals surface area contributed by atoms with Gasteiger partial charge in [0.2, 0.25) is 4.73 Å². The Hall–Kier alpha value is -1.34. The summed E-state index contributed by atoms with van der Waals surface area (Å²) in [4.78, 5) is 4.13. The lowest BCUT2D eigenvalue weighted by atomic mass is 10.1. The summed E-state index contributed by atoms with van der Waals surface area (Å²) in [5.74, 6) is -0.655. The summed E-state index contributed by atoms with van der Waals surface area (Å²) in [6.07, 6.45) is 0.274. The standard InChI is InChI=1S/C11H10BrF2N3O/c1-18-6-17-10(15-11(12)16-17)4-7-2-8(13)5-9(14)3-7/h2-3,5H,4,6H2,1H3. The molecule has 0 atom stereocenters.